The minimum Gasteiger partial charge on any atom is -0.356 e. The molecule has 0 aromatic carbocycles. The van der Waals surface area contributed by atoms with Crippen LogP contribution in [0.4, 0.5) is 5.82 Å². The lowest BCUT2D eigenvalue weighted by Crippen LogP contribution is -2.47. The van der Waals surface area contributed by atoms with E-state index in [1.54, 1.807) is 12.7 Å². The standard InChI is InChI=1S/C13H20N6O2S/c1-10-12-7-13(16-9-19(12)8-15-10)18-5-3-11(4-6-18)17(2)22(14,20)21/h7-9,11H,3-6H2,1-2H3,(H2,14,20,21). The third kappa shape index (κ3) is 2.79. The van der Waals surface area contributed by atoms with Crippen LogP contribution in [0.3, 0.4) is 0 Å². The van der Waals surface area contributed by atoms with E-state index in [0.29, 0.717) is 0 Å². The molecule has 0 radical (unpaired) electrons. The van der Waals surface area contributed by atoms with Crippen molar-refractivity contribution >= 4 is 21.5 Å². The number of nitrogens with two attached hydrogens (primary N) is 1. The van der Waals surface area contributed by atoms with Gasteiger partial charge in [-0.05, 0) is 19.8 Å². The number of nitrogens with zero attached hydrogens (tertiary/aromatic N) is 5. The number of piperidine rings is 1. The molecular formula is C13H20N6O2S. The summed E-state index contributed by atoms with van der Waals surface area (Å²) >= 11 is 0. The topological polar surface area (TPSA) is 96.8 Å². The van der Waals surface area contributed by atoms with Crippen LogP contribution in [0.15, 0.2) is 18.7 Å². The molecule has 0 atom stereocenters. The third-order valence-corrected chi connectivity index (χ3v) is 5.41. The maximum atomic E-state index is 11.4. The van der Waals surface area contributed by atoms with Crippen LogP contribution < -0.4 is 10.0 Å². The van der Waals surface area contributed by atoms with Gasteiger partial charge in [0.05, 0.1) is 11.2 Å². The van der Waals surface area contributed by atoms with Crippen LogP contribution in [0.1, 0.15) is 18.5 Å². The van der Waals surface area contributed by atoms with E-state index in [2.05, 4.69) is 14.9 Å². The highest BCUT2D eigenvalue weighted by Crippen LogP contribution is 2.22. The molecule has 9 heteroatoms. The molecule has 3 heterocycles. The van der Waals surface area contributed by atoms with E-state index >= 15 is 0 Å². The fourth-order valence-electron chi connectivity index (χ4n) is 2.86. The highest BCUT2D eigenvalue weighted by molar-refractivity contribution is 7.86. The number of fused-ring (bicyclic) bond motifs is 1. The molecule has 0 bridgehead atoms. The van der Waals surface area contributed by atoms with Crippen molar-refractivity contribution in [1.29, 1.82) is 0 Å². The average molecular weight is 324 g/mol. The number of imidazole rings is 1. The molecule has 0 spiro atoms. The van der Waals surface area contributed by atoms with Crippen molar-refractivity contribution in [2.75, 3.05) is 25.0 Å². The molecule has 1 aliphatic heterocycles. The van der Waals surface area contributed by atoms with Gasteiger partial charge in [-0.15, -0.1) is 0 Å². The first-order valence-electron chi connectivity index (χ1n) is 7.16. The number of rotatable bonds is 3. The van der Waals surface area contributed by atoms with Crippen LogP contribution in [0.5, 0.6) is 0 Å². The monoisotopic (exact) mass is 324 g/mol. The van der Waals surface area contributed by atoms with E-state index in [4.69, 9.17) is 5.14 Å². The van der Waals surface area contributed by atoms with Crippen LogP contribution in [-0.2, 0) is 10.2 Å². The van der Waals surface area contributed by atoms with E-state index in [-0.39, 0.29) is 6.04 Å². The minimum absolute atomic E-state index is 0.0494. The van der Waals surface area contributed by atoms with E-state index < -0.39 is 10.2 Å². The van der Waals surface area contributed by atoms with Crippen molar-refractivity contribution in [3.8, 4) is 0 Å². The van der Waals surface area contributed by atoms with Gasteiger partial charge in [0.15, 0.2) is 0 Å². The van der Waals surface area contributed by atoms with Gasteiger partial charge in [0.1, 0.15) is 18.5 Å². The zero-order valence-corrected chi connectivity index (χ0v) is 13.5. The van der Waals surface area contributed by atoms with Crippen molar-refractivity contribution in [1.82, 2.24) is 18.7 Å². The molecule has 2 aromatic rings. The van der Waals surface area contributed by atoms with Crippen LogP contribution in [0.2, 0.25) is 0 Å². The number of hydrogen-bond acceptors (Lipinski definition) is 5. The summed E-state index contributed by atoms with van der Waals surface area (Å²) in [4.78, 5) is 10.9. The predicted molar refractivity (Wildman–Crippen MR) is 83.8 cm³/mol. The molecule has 0 saturated carbocycles. The predicted octanol–water partition coefficient (Wildman–Crippen LogP) is 0.142. The van der Waals surface area contributed by atoms with Gasteiger partial charge in [-0.2, -0.15) is 12.7 Å². The van der Waals surface area contributed by atoms with Crippen molar-refractivity contribution in [2.24, 2.45) is 5.14 Å². The zero-order chi connectivity index (χ0) is 15.9. The first-order chi connectivity index (χ1) is 10.4. The Morgan fingerprint density at radius 3 is 2.55 bits per heavy atom. The van der Waals surface area contributed by atoms with Crippen molar-refractivity contribution in [2.45, 2.75) is 25.8 Å². The summed E-state index contributed by atoms with van der Waals surface area (Å²) in [6, 6.07) is 1.97. The summed E-state index contributed by atoms with van der Waals surface area (Å²) in [5, 5.41) is 5.19. The van der Waals surface area contributed by atoms with Crippen LogP contribution in [-0.4, -0.2) is 53.3 Å². The highest BCUT2D eigenvalue weighted by atomic mass is 32.2. The van der Waals surface area contributed by atoms with E-state index in [1.165, 1.54) is 11.4 Å². The van der Waals surface area contributed by atoms with E-state index in [9.17, 15) is 8.42 Å². The molecular weight excluding hydrogens is 304 g/mol. The number of hydrogen-bond donors (Lipinski definition) is 1. The SMILES string of the molecule is Cc1ncn2cnc(N3CCC(N(C)S(N)(=O)=O)CC3)cc12. The Labute approximate surface area is 129 Å². The second-order valence-corrected chi connectivity index (χ2v) is 7.25. The van der Waals surface area contributed by atoms with Gasteiger partial charge in [-0.1, -0.05) is 0 Å². The number of aromatic nitrogens is 3. The van der Waals surface area contributed by atoms with E-state index in [1.807, 2.05) is 17.4 Å². The molecule has 8 nitrogen and oxygen atoms in total. The van der Waals surface area contributed by atoms with Gasteiger partial charge in [0.25, 0.3) is 10.2 Å². The quantitative estimate of drug-likeness (QED) is 0.866. The first kappa shape index (κ1) is 15.2. The summed E-state index contributed by atoms with van der Waals surface area (Å²) < 4.78 is 26.0. The number of anilines is 1. The lowest BCUT2D eigenvalue weighted by atomic mass is 10.1. The third-order valence-electron chi connectivity index (χ3n) is 4.31. The van der Waals surface area contributed by atoms with Gasteiger partial charge >= 0.3 is 0 Å². The molecule has 2 aromatic heterocycles. The Morgan fingerprint density at radius 1 is 1.27 bits per heavy atom. The van der Waals surface area contributed by atoms with Crippen molar-refractivity contribution in [3.63, 3.8) is 0 Å². The summed E-state index contributed by atoms with van der Waals surface area (Å²) in [5.41, 5.74) is 2.00. The van der Waals surface area contributed by atoms with Crippen molar-refractivity contribution in [3.05, 3.63) is 24.4 Å². The Kier molecular flexibility index (Phi) is 3.79. The molecule has 0 amide bonds. The summed E-state index contributed by atoms with van der Waals surface area (Å²) in [5.74, 6) is 0.896. The fraction of sp³-hybridized carbons (Fsp3) is 0.538. The molecule has 0 aliphatic carbocycles. The van der Waals surface area contributed by atoms with Gasteiger partial charge < -0.3 is 4.90 Å². The molecule has 1 aliphatic rings. The summed E-state index contributed by atoms with van der Waals surface area (Å²) in [6.07, 6.45) is 4.97. The summed E-state index contributed by atoms with van der Waals surface area (Å²) in [7, 11) is -2.09. The maximum Gasteiger partial charge on any atom is 0.276 e. The zero-order valence-electron chi connectivity index (χ0n) is 12.7. The summed E-state index contributed by atoms with van der Waals surface area (Å²) in [6.45, 7) is 3.47. The van der Waals surface area contributed by atoms with Crippen molar-refractivity contribution < 1.29 is 8.42 Å². The van der Waals surface area contributed by atoms with Gasteiger partial charge in [0.2, 0.25) is 0 Å². The largest absolute Gasteiger partial charge is 0.356 e. The molecule has 1 saturated heterocycles. The Hall–Kier alpha value is -1.71. The van der Waals surface area contributed by atoms with Crippen LogP contribution >= 0.6 is 0 Å². The fourth-order valence-corrected chi connectivity index (χ4v) is 3.48. The Morgan fingerprint density at radius 2 is 1.91 bits per heavy atom. The van der Waals surface area contributed by atoms with Gasteiger partial charge in [-0.25, -0.2) is 15.1 Å². The Bertz CT molecular complexity index is 779. The normalized spacial score (nSPS) is 17.5. The van der Waals surface area contributed by atoms with E-state index in [0.717, 1.165) is 43.0 Å². The van der Waals surface area contributed by atoms with Crippen LogP contribution in [0.25, 0.3) is 5.52 Å². The maximum absolute atomic E-state index is 11.4. The first-order valence-corrected chi connectivity index (χ1v) is 8.66. The average Bonchev–Trinajstić information content (AvgIpc) is 2.87. The number of aryl methyl sites for hydroxylation is 1. The second kappa shape index (κ2) is 5.49. The molecule has 1 fully saturated rings. The Balaban J connectivity index is 1.74. The molecule has 120 valence electrons. The molecule has 3 rings (SSSR count). The smallest absolute Gasteiger partial charge is 0.276 e. The lowest BCUT2D eigenvalue weighted by Gasteiger charge is -2.36. The molecule has 2 N–H and O–H groups in total. The minimum atomic E-state index is -3.62. The molecule has 0 unspecified atom stereocenters. The van der Waals surface area contributed by atoms with Gasteiger partial charge in [0, 0.05) is 32.2 Å². The lowest BCUT2D eigenvalue weighted by molar-refractivity contribution is 0.312. The second-order valence-electron chi connectivity index (χ2n) is 5.65. The van der Waals surface area contributed by atoms with Gasteiger partial charge in [-0.3, -0.25) is 4.40 Å². The van der Waals surface area contributed by atoms with Crippen LogP contribution in [0, 0.1) is 6.92 Å². The molecule has 22 heavy (non-hydrogen) atoms. The highest BCUT2D eigenvalue weighted by Gasteiger charge is 2.28.